The lowest BCUT2D eigenvalue weighted by atomic mass is 10.2. The molecule has 1 aromatic carbocycles. The van der Waals surface area contributed by atoms with E-state index in [-0.39, 0.29) is 6.42 Å². The number of carbonyl (C=O) groups is 2. The fourth-order valence-corrected chi connectivity index (χ4v) is 3.43. The average Bonchev–Trinajstić information content (AvgIpc) is 3.20. The summed E-state index contributed by atoms with van der Waals surface area (Å²) in [6.07, 6.45) is -0.0370. The standard InChI is InChI=1S/C18H20N2O4S/c21-16-18(23,9-11-20(16)13-14-5-2-1-3-6-14)24-17(22)19-10-8-15-7-4-12-25-15/h1-7,12,23H,8-11,13H2,(H,19,22)/t18-/m0/s1. The topological polar surface area (TPSA) is 78.9 Å². The summed E-state index contributed by atoms with van der Waals surface area (Å²) in [6.45, 7) is 1.11. The van der Waals surface area contributed by atoms with E-state index in [1.165, 1.54) is 4.90 Å². The third kappa shape index (κ3) is 4.37. The summed E-state index contributed by atoms with van der Waals surface area (Å²) < 4.78 is 5.02. The van der Waals surface area contributed by atoms with E-state index in [2.05, 4.69) is 5.32 Å². The number of carbonyl (C=O) groups excluding carboxylic acids is 2. The Kier molecular flexibility index (Phi) is 5.35. The van der Waals surface area contributed by atoms with Crippen LogP contribution >= 0.6 is 11.3 Å². The number of thiophene rings is 1. The molecule has 0 unspecified atom stereocenters. The minimum Gasteiger partial charge on any atom is -0.407 e. The zero-order valence-electron chi connectivity index (χ0n) is 13.7. The maximum atomic E-state index is 12.4. The molecule has 3 rings (SSSR count). The van der Waals surface area contributed by atoms with Crippen molar-refractivity contribution in [1.29, 1.82) is 0 Å². The molecule has 0 radical (unpaired) electrons. The van der Waals surface area contributed by atoms with Crippen LogP contribution in [0.2, 0.25) is 0 Å². The zero-order valence-corrected chi connectivity index (χ0v) is 14.5. The number of nitrogens with one attached hydrogen (secondary N) is 1. The van der Waals surface area contributed by atoms with Gasteiger partial charge < -0.3 is 20.1 Å². The van der Waals surface area contributed by atoms with Crippen LogP contribution in [0.5, 0.6) is 0 Å². The minimum atomic E-state index is -2.08. The van der Waals surface area contributed by atoms with Crippen molar-refractivity contribution >= 4 is 23.3 Å². The molecule has 0 bridgehead atoms. The first-order chi connectivity index (χ1) is 12.1. The molecule has 7 heteroatoms. The van der Waals surface area contributed by atoms with E-state index in [1.807, 2.05) is 47.8 Å². The Hall–Kier alpha value is -2.38. The molecular formula is C18H20N2O4S. The lowest BCUT2D eigenvalue weighted by Gasteiger charge is -2.22. The van der Waals surface area contributed by atoms with Crippen LogP contribution in [0.3, 0.4) is 0 Å². The molecule has 132 valence electrons. The van der Waals surface area contributed by atoms with Gasteiger partial charge in [0.1, 0.15) is 0 Å². The molecule has 1 atom stereocenters. The number of rotatable bonds is 6. The lowest BCUT2D eigenvalue weighted by molar-refractivity contribution is -0.182. The molecule has 25 heavy (non-hydrogen) atoms. The van der Waals surface area contributed by atoms with Crippen molar-refractivity contribution in [1.82, 2.24) is 10.2 Å². The second-order valence-electron chi connectivity index (χ2n) is 5.89. The maximum Gasteiger partial charge on any atom is 0.410 e. The van der Waals surface area contributed by atoms with Crippen LogP contribution in [-0.4, -0.2) is 40.9 Å². The van der Waals surface area contributed by atoms with Gasteiger partial charge >= 0.3 is 6.09 Å². The predicted octanol–water partition coefficient (Wildman–Crippen LogP) is 2.14. The van der Waals surface area contributed by atoms with Gasteiger partial charge in [-0.15, -0.1) is 11.3 Å². The third-order valence-electron chi connectivity index (χ3n) is 4.04. The van der Waals surface area contributed by atoms with E-state index < -0.39 is 17.8 Å². The van der Waals surface area contributed by atoms with Crippen molar-refractivity contribution in [2.45, 2.75) is 25.2 Å². The number of aliphatic hydroxyl groups is 1. The van der Waals surface area contributed by atoms with Crippen molar-refractivity contribution in [3.63, 3.8) is 0 Å². The normalized spacial score (nSPS) is 19.9. The van der Waals surface area contributed by atoms with E-state index in [9.17, 15) is 14.7 Å². The summed E-state index contributed by atoms with van der Waals surface area (Å²) in [5.41, 5.74) is 0.959. The van der Waals surface area contributed by atoms with Crippen LogP contribution in [0, 0.1) is 0 Å². The summed E-state index contributed by atoms with van der Waals surface area (Å²) >= 11 is 1.61. The molecule has 0 spiro atoms. The molecule has 2 amide bonds. The van der Waals surface area contributed by atoms with Gasteiger partial charge in [-0.05, 0) is 23.4 Å². The van der Waals surface area contributed by atoms with E-state index in [4.69, 9.17) is 4.74 Å². The molecule has 1 aliphatic rings. The maximum absolute atomic E-state index is 12.4. The molecule has 1 fully saturated rings. The Balaban J connectivity index is 1.49. The molecule has 1 aromatic heterocycles. The molecule has 0 saturated carbocycles. The Labute approximate surface area is 150 Å². The summed E-state index contributed by atoms with van der Waals surface area (Å²) in [5, 5.41) is 14.9. The molecule has 6 nitrogen and oxygen atoms in total. The first-order valence-corrected chi connectivity index (χ1v) is 9.00. The number of amides is 2. The highest BCUT2D eigenvalue weighted by Crippen LogP contribution is 2.26. The van der Waals surface area contributed by atoms with Crippen LogP contribution in [0.1, 0.15) is 16.9 Å². The number of likely N-dealkylation sites (tertiary alicyclic amines) is 1. The Morgan fingerprint density at radius 3 is 2.80 bits per heavy atom. The second kappa shape index (κ2) is 7.67. The van der Waals surface area contributed by atoms with Crippen LogP contribution in [-0.2, 0) is 22.5 Å². The van der Waals surface area contributed by atoms with Crippen molar-refractivity contribution in [3.05, 3.63) is 58.3 Å². The van der Waals surface area contributed by atoms with Gasteiger partial charge in [0.15, 0.2) is 0 Å². The molecular weight excluding hydrogens is 340 g/mol. The molecule has 2 heterocycles. The SMILES string of the molecule is O=C(NCCc1cccs1)O[C@@]1(O)CCN(Cc2ccccc2)C1=O. The number of benzene rings is 1. The first kappa shape index (κ1) is 17.4. The van der Waals surface area contributed by atoms with Crippen molar-refractivity contribution < 1.29 is 19.4 Å². The van der Waals surface area contributed by atoms with E-state index in [1.54, 1.807) is 11.3 Å². The predicted molar refractivity (Wildman–Crippen MR) is 93.9 cm³/mol. The molecule has 2 N–H and O–H groups in total. The molecule has 1 saturated heterocycles. The highest BCUT2D eigenvalue weighted by molar-refractivity contribution is 7.09. The summed E-state index contributed by atoms with van der Waals surface area (Å²) in [4.78, 5) is 26.9. The summed E-state index contributed by atoms with van der Waals surface area (Å²) in [7, 11) is 0. The average molecular weight is 360 g/mol. The number of hydrogen-bond donors (Lipinski definition) is 2. The van der Waals surface area contributed by atoms with Gasteiger partial charge in [0.2, 0.25) is 0 Å². The zero-order chi connectivity index (χ0) is 17.7. The van der Waals surface area contributed by atoms with Gasteiger partial charge in [0.25, 0.3) is 11.7 Å². The Morgan fingerprint density at radius 2 is 2.08 bits per heavy atom. The Bertz CT molecular complexity index is 720. The van der Waals surface area contributed by atoms with Crippen molar-refractivity contribution in [2.75, 3.05) is 13.1 Å². The molecule has 2 aromatic rings. The lowest BCUT2D eigenvalue weighted by Crippen LogP contribution is -2.46. The molecule has 1 aliphatic heterocycles. The van der Waals surface area contributed by atoms with Gasteiger partial charge in [0, 0.05) is 30.9 Å². The first-order valence-electron chi connectivity index (χ1n) is 8.12. The molecule has 0 aliphatic carbocycles. The van der Waals surface area contributed by atoms with Crippen LogP contribution in [0.15, 0.2) is 47.8 Å². The number of alkyl carbamates (subject to hydrolysis) is 1. The third-order valence-corrected chi connectivity index (χ3v) is 4.98. The smallest absolute Gasteiger partial charge is 0.407 e. The van der Waals surface area contributed by atoms with Gasteiger partial charge in [0.05, 0.1) is 0 Å². The largest absolute Gasteiger partial charge is 0.410 e. The van der Waals surface area contributed by atoms with Crippen LogP contribution in [0.4, 0.5) is 4.79 Å². The van der Waals surface area contributed by atoms with E-state index >= 15 is 0 Å². The van der Waals surface area contributed by atoms with Gasteiger partial charge in [-0.2, -0.15) is 0 Å². The van der Waals surface area contributed by atoms with Gasteiger partial charge in [-0.1, -0.05) is 36.4 Å². The van der Waals surface area contributed by atoms with E-state index in [0.29, 0.717) is 26.1 Å². The van der Waals surface area contributed by atoms with Crippen molar-refractivity contribution in [2.24, 2.45) is 0 Å². The fraction of sp³-hybridized carbons (Fsp3) is 0.333. The van der Waals surface area contributed by atoms with Gasteiger partial charge in [-0.3, -0.25) is 4.79 Å². The van der Waals surface area contributed by atoms with Crippen LogP contribution in [0.25, 0.3) is 0 Å². The van der Waals surface area contributed by atoms with E-state index in [0.717, 1.165) is 10.4 Å². The monoisotopic (exact) mass is 360 g/mol. The summed E-state index contributed by atoms with van der Waals surface area (Å²) in [6, 6.07) is 13.4. The number of nitrogens with zero attached hydrogens (tertiary/aromatic N) is 1. The minimum absolute atomic E-state index is 0.0665. The fourth-order valence-electron chi connectivity index (χ4n) is 2.72. The number of ether oxygens (including phenoxy) is 1. The number of hydrogen-bond acceptors (Lipinski definition) is 5. The Morgan fingerprint density at radius 1 is 1.28 bits per heavy atom. The quantitative estimate of drug-likeness (QED) is 0.774. The second-order valence-corrected chi connectivity index (χ2v) is 6.92. The van der Waals surface area contributed by atoms with Gasteiger partial charge in [-0.25, -0.2) is 4.79 Å². The van der Waals surface area contributed by atoms with Crippen molar-refractivity contribution in [3.8, 4) is 0 Å². The summed E-state index contributed by atoms with van der Waals surface area (Å²) in [5.74, 6) is -2.66. The highest BCUT2D eigenvalue weighted by Gasteiger charge is 2.48. The van der Waals surface area contributed by atoms with Crippen LogP contribution < -0.4 is 5.32 Å². The highest BCUT2D eigenvalue weighted by atomic mass is 32.1.